The van der Waals surface area contributed by atoms with Crippen molar-refractivity contribution < 1.29 is 0 Å². The van der Waals surface area contributed by atoms with Crippen LogP contribution in [-0.4, -0.2) is 9.55 Å². The second kappa shape index (κ2) is 7.39. The van der Waals surface area contributed by atoms with Crippen LogP contribution in [0.5, 0.6) is 0 Å². The van der Waals surface area contributed by atoms with Gasteiger partial charge in [-0.15, -0.1) is 22.7 Å². The van der Waals surface area contributed by atoms with Crippen molar-refractivity contribution in [3.8, 4) is 10.4 Å². The molecule has 0 bridgehead atoms. The van der Waals surface area contributed by atoms with Crippen LogP contribution < -0.4 is 5.56 Å². The molecule has 0 N–H and O–H groups in total. The third-order valence-electron chi connectivity index (χ3n) is 4.31. The van der Waals surface area contributed by atoms with E-state index in [0.717, 1.165) is 25.8 Å². The average Bonchev–Trinajstić information content (AvgIpc) is 3.32. The standard InChI is InChI=1S/C20H18N2OS3/c1-3-22-19(23)17-15(16-10-7-11-24-16)12-25-18(17)21-20(22)26-13(2)14-8-5-4-6-9-14/h4-13H,3H2,1-2H3/t13-/m0/s1. The van der Waals surface area contributed by atoms with Crippen LogP contribution in [0.15, 0.2) is 63.2 Å². The highest BCUT2D eigenvalue weighted by Gasteiger charge is 2.19. The Bertz CT molecular complexity index is 1080. The van der Waals surface area contributed by atoms with Crippen molar-refractivity contribution in [2.24, 2.45) is 0 Å². The maximum Gasteiger partial charge on any atom is 0.263 e. The number of hydrogen-bond acceptors (Lipinski definition) is 5. The van der Waals surface area contributed by atoms with Crippen molar-refractivity contribution in [3.63, 3.8) is 0 Å². The number of rotatable bonds is 5. The predicted molar refractivity (Wildman–Crippen MR) is 114 cm³/mol. The molecule has 1 atom stereocenters. The lowest BCUT2D eigenvalue weighted by atomic mass is 10.2. The largest absolute Gasteiger partial charge is 0.287 e. The van der Waals surface area contributed by atoms with Crippen LogP contribution in [0, 0.1) is 0 Å². The monoisotopic (exact) mass is 398 g/mol. The van der Waals surface area contributed by atoms with E-state index >= 15 is 0 Å². The van der Waals surface area contributed by atoms with Crippen LogP contribution in [-0.2, 0) is 6.54 Å². The topological polar surface area (TPSA) is 34.9 Å². The summed E-state index contributed by atoms with van der Waals surface area (Å²) >= 11 is 4.85. The van der Waals surface area contributed by atoms with Gasteiger partial charge in [0.05, 0.1) is 5.39 Å². The smallest absolute Gasteiger partial charge is 0.263 e. The molecule has 0 aliphatic heterocycles. The summed E-state index contributed by atoms with van der Waals surface area (Å²) in [4.78, 5) is 20.0. The molecule has 4 aromatic rings. The van der Waals surface area contributed by atoms with Gasteiger partial charge in [0.2, 0.25) is 0 Å². The number of nitrogens with zero attached hydrogens (tertiary/aromatic N) is 2. The summed E-state index contributed by atoms with van der Waals surface area (Å²) in [5.74, 6) is 0. The van der Waals surface area contributed by atoms with Gasteiger partial charge >= 0.3 is 0 Å². The van der Waals surface area contributed by atoms with E-state index in [4.69, 9.17) is 4.98 Å². The molecule has 0 radical (unpaired) electrons. The molecule has 0 amide bonds. The second-order valence-electron chi connectivity index (χ2n) is 5.92. The Kier molecular flexibility index (Phi) is 4.98. The number of thiophene rings is 2. The van der Waals surface area contributed by atoms with E-state index in [1.54, 1.807) is 39.0 Å². The van der Waals surface area contributed by atoms with E-state index in [9.17, 15) is 4.79 Å². The zero-order valence-electron chi connectivity index (χ0n) is 14.5. The van der Waals surface area contributed by atoms with Crippen molar-refractivity contribution >= 4 is 44.7 Å². The van der Waals surface area contributed by atoms with Gasteiger partial charge in [-0.3, -0.25) is 9.36 Å². The molecule has 0 saturated heterocycles. The van der Waals surface area contributed by atoms with Crippen LogP contribution >= 0.6 is 34.4 Å². The van der Waals surface area contributed by atoms with Gasteiger partial charge in [0, 0.05) is 27.6 Å². The molecule has 0 spiro atoms. The van der Waals surface area contributed by atoms with E-state index in [1.165, 1.54) is 5.56 Å². The maximum atomic E-state index is 13.2. The Morgan fingerprint density at radius 1 is 1.15 bits per heavy atom. The van der Waals surface area contributed by atoms with Gasteiger partial charge in [0.15, 0.2) is 5.16 Å². The molecule has 0 fully saturated rings. The molecule has 0 aliphatic carbocycles. The van der Waals surface area contributed by atoms with Crippen molar-refractivity contribution in [1.82, 2.24) is 9.55 Å². The summed E-state index contributed by atoms with van der Waals surface area (Å²) in [7, 11) is 0. The zero-order chi connectivity index (χ0) is 18.1. The van der Waals surface area contributed by atoms with Gasteiger partial charge in [-0.2, -0.15) is 0 Å². The Morgan fingerprint density at radius 2 is 1.96 bits per heavy atom. The summed E-state index contributed by atoms with van der Waals surface area (Å²) in [6.07, 6.45) is 0. The highest BCUT2D eigenvalue weighted by atomic mass is 32.2. The second-order valence-corrected chi connectivity index (χ2v) is 9.04. The van der Waals surface area contributed by atoms with Crippen LogP contribution in [0.3, 0.4) is 0 Å². The molecule has 4 rings (SSSR count). The number of hydrogen-bond donors (Lipinski definition) is 0. The Morgan fingerprint density at radius 3 is 2.65 bits per heavy atom. The molecule has 3 aromatic heterocycles. The summed E-state index contributed by atoms with van der Waals surface area (Å²) in [5.41, 5.74) is 2.30. The van der Waals surface area contributed by atoms with Gasteiger partial charge in [-0.1, -0.05) is 48.2 Å². The Hall–Kier alpha value is -1.89. The molecule has 0 aliphatic rings. The van der Waals surface area contributed by atoms with Crippen molar-refractivity contribution in [2.75, 3.05) is 0 Å². The first kappa shape index (κ1) is 17.5. The fourth-order valence-corrected chi connectivity index (χ4v) is 5.84. The molecule has 3 nitrogen and oxygen atoms in total. The SMILES string of the molecule is CCn1c(S[C@@H](C)c2ccccc2)nc2scc(-c3cccs3)c2c1=O. The van der Waals surface area contributed by atoms with E-state index in [-0.39, 0.29) is 10.8 Å². The molecule has 1 aromatic carbocycles. The highest BCUT2D eigenvalue weighted by molar-refractivity contribution is 7.99. The van der Waals surface area contributed by atoms with E-state index in [1.807, 2.05) is 36.6 Å². The maximum absolute atomic E-state index is 13.2. The van der Waals surface area contributed by atoms with Crippen molar-refractivity contribution in [2.45, 2.75) is 30.8 Å². The molecule has 132 valence electrons. The minimum absolute atomic E-state index is 0.0601. The third-order valence-corrected chi connectivity index (χ3v) is 7.24. The van der Waals surface area contributed by atoms with E-state index < -0.39 is 0 Å². The van der Waals surface area contributed by atoms with Gasteiger partial charge in [-0.25, -0.2) is 4.98 Å². The Labute approximate surface area is 164 Å². The average molecular weight is 399 g/mol. The van der Waals surface area contributed by atoms with Gasteiger partial charge in [-0.05, 0) is 30.9 Å². The highest BCUT2D eigenvalue weighted by Crippen LogP contribution is 2.37. The predicted octanol–water partition coefficient (Wildman–Crippen LogP) is 6.06. The number of benzene rings is 1. The van der Waals surface area contributed by atoms with Crippen LogP contribution in [0.1, 0.15) is 24.7 Å². The van der Waals surface area contributed by atoms with Crippen LogP contribution in [0.4, 0.5) is 0 Å². The fourth-order valence-electron chi connectivity index (χ4n) is 2.94. The van der Waals surface area contributed by atoms with Gasteiger partial charge in [0.1, 0.15) is 4.83 Å². The molecular weight excluding hydrogens is 380 g/mol. The van der Waals surface area contributed by atoms with E-state index in [2.05, 4.69) is 30.5 Å². The van der Waals surface area contributed by atoms with Gasteiger partial charge in [0.25, 0.3) is 5.56 Å². The molecule has 3 heterocycles. The summed E-state index contributed by atoms with van der Waals surface area (Å²) < 4.78 is 1.80. The molecular formula is C20H18N2OS3. The molecule has 26 heavy (non-hydrogen) atoms. The minimum atomic E-state index is 0.0601. The summed E-state index contributed by atoms with van der Waals surface area (Å²) in [5, 5.41) is 5.86. The quantitative estimate of drug-likeness (QED) is 0.303. The molecule has 0 saturated carbocycles. The first-order valence-corrected chi connectivity index (χ1v) is 11.1. The first-order chi connectivity index (χ1) is 12.7. The van der Waals surface area contributed by atoms with E-state index in [0.29, 0.717) is 6.54 Å². The molecule has 0 unspecified atom stereocenters. The zero-order valence-corrected chi connectivity index (χ0v) is 17.0. The number of aromatic nitrogens is 2. The lowest BCUT2D eigenvalue weighted by molar-refractivity contribution is 0.634. The first-order valence-electron chi connectivity index (χ1n) is 8.46. The van der Waals surface area contributed by atoms with Crippen molar-refractivity contribution in [3.05, 3.63) is 69.1 Å². The van der Waals surface area contributed by atoms with Crippen LogP contribution in [0.2, 0.25) is 0 Å². The van der Waals surface area contributed by atoms with Crippen LogP contribution in [0.25, 0.3) is 20.7 Å². The summed E-state index contributed by atoms with van der Waals surface area (Å²) in [6.45, 7) is 4.77. The molecule has 6 heteroatoms. The normalized spacial score (nSPS) is 12.5. The Balaban J connectivity index is 1.80. The lowest BCUT2D eigenvalue weighted by Crippen LogP contribution is -2.22. The third kappa shape index (κ3) is 3.13. The minimum Gasteiger partial charge on any atom is -0.287 e. The summed E-state index contributed by atoms with van der Waals surface area (Å²) in [6, 6.07) is 14.4. The lowest BCUT2D eigenvalue weighted by Gasteiger charge is -2.15. The fraction of sp³-hybridized carbons (Fsp3) is 0.200. The van der Waals surface area contributed by atoms with Gasteiger partial charge < -0.3 is 0 Å². The number of fused-ring (bicyclic) bond motifs is 1. The van der Waals surface area contributed by atoms with Crippen molar-refractivity contribution in [1.29, 1.82) is 0 Å². The number of thioether (sulfide) groups is 1.